The molecule has 2 aromatic rings. The third kappa shape index (κ3) is 5.30. The number of pyridine rings is 1. The highest BCUT2D eigenvalue weighted by molar-refractivity contribution is 5.19. The summed E-state index contributed by atoms with van der Waals surface area (Å²) in [5, 5.41) is 12.3. The first-order valence-corrected chi connectivity index (χ1v) is 6.99. The summed E-state index contributed by atoms with van der Waals surface area (Å²) in [5.41, 5.74) is 0.842. The first-order chi connectivity index (χ1) is 10.9. The lowest BCUT2D eigenvalue weighted by Crippen LogP contribution is -2.45. The lowest BCUT2D eigenvalue weighted by Gasteiger charge is -2.23. The summed E-state index contributed by atoms with van der Waals surface area (Å²) in [6.07, 6.45) is -3.02. The van der Waals surface area contributed by atoms with Gasteiger partial charge < -0.3 is 10.4 Å². The van der Waals surface area contributed by atoms with Gasteiger partial charge in [-0.2, -0.15) is 13.2 Å². The first kappa shape index (κ1) is 17.4. The van der Waals surface area contributed by atoms with E-state index < -0.39 is 24.1 Å². The number of hydrogen-bond acceptors (Lipinski definition) is 3. The van der Waals surface area contributed by atoms with E-state index in [0.29, 0.717) is 11.1 Å². The summed E-state index contributed by atoms with van der Waals surface area (Å²) >= 11 is 0. The summed E-state index contributed by atoms with van der Waals surface area (Å²) in [5.74, 6) is -0.472. The van der Waals surface area contributed by atoms with Crippen molar-refractivity contribution in [1.82, 2.24) is 10.3 Å². The van der Waals surface area contributed by atoms with E-state index in [1.165, 1.54) is 36.7 Å². The van der Waals surface area contributed by atoms with Crippen molar-refractivity contribution in [1.29, 1.82) is 0 Å². The second-order valence-corrected chi connectivity index (χ2v) is 5.13. The van der Waals surface area contributed by atoms with E-state index in [2.05, 4.69) is 10.3 Å². The summed E-state index contributed by atoms with van der Waals surface area (Å²) in [4.78, 5) is 3.76. The van der Waals surface area contributed by atoms with Gasteiger partial charge in [-0.15, -0.1) is 0 Å². The van der Waals surface area contributed by atoms with E-state index in [1.54, 1.807) is 0 Å². The summed E-state index contributed by atoms with van der Waals surface area (Å²) < 4.78 is 52.1. The van der Waals surface area contributed by atoms with Crippen LogP contribution in [0.3, 0.4) is 0 Å². The van der Waals surface area contributed by atoms with Crippen molar-refractivity contribution >= 4 is 0 Å². The van der Waals surface area contributed by atoms with Gasteiger partial charge in [0, 0.05) is 18.9 Å². The number of nitrogens with zero attached hydrogens (tertiary/aromatic N) is 1. The fraction of sp³-hybridized carbons (Fsp3) is 0.312. The van der Waals surface area contributed by atoms with Gasteiger partial charge in [0.05, 0.1) is 6.10 Å². The largest absolute Gasteiger partial charge is 0.404 e. The van der Waals surface area contributed by atoms with Gasteiger partial charge in [-0.1, -0.05) is 12.1 Å². The molecule has 0 saturated heterocycles. The predicted octanol–water partition coefficient (Wildman–Crippen LogP) is 3.02. The second-order valence-electron chi connectivity index (χ2n) is 5.13. The zero-order valence-electron chi connectivity index (χ0n) is 12.1. The van der Waals surface area contributed by atoms with Crippen LogP contribution in [0.1, 0.15) is 17.2 Å². The smallest absolute Gasteiger partial charge is 0.387 e. The topological polar surface area (TPSA) is 45.1 Å². The van der Waals surface area contributed by atoms with Crippen LogP contribution < -0.4 is 5.32 Å². The van der Waals surface area contributed by atoms with Gasteiger partial charge in [0.25, 0.3) is 0 Å². The Morgan fingerprint density at radius 2 is 1.65 bits per heavy atom. The van der Waals surface area contributed by atoms with Crippen LogP contribution >= 0.6 is 0 Å². The maximum Gasteiger partial charge on any atom is 0.404 e. The third-order valence-electron chi connectivity index (χ3n) is 3.40. The number of rotatable bonds is 6. The Hall–Kier alpha value is -1.99. The van der Waals surface area contributed by atoms with Gasteiger partial charge in [0.1, 0.15) is 11.9 Å². The first-order valence-electron chi connectivity index (χ1n) is 6.99. The average Bonchev–Trinajstić information content (AvgIpc) is 2.51. The highest BCUT2D eigenvalue weighted by atomic mass is 19.4. The van der Waals surface area contributed by atoms with Crippen LogP contribution in [0.15, 0.2) is 48.8 Å². The lowest BCUT2D eigenvalue weighted by molar-refractivity contribution is -0.156. The van der Waals surface area contributed by atoms with E-state index in [9.17, 15) is 22.7 Å². The second kappa shape index (κ2) is 7.52. The number of aliphatic hydroxyl groups excluding tert-OH is 1. The molecule has 23 heavy (non-hydrogen) atoms. The number of alkyl halides is 3. The molecule has 0 spiro atoms. The molecule has 124 valence electrons. The fourth-order valence-electron chi connectivity index (χ4n) is 2.11. The fourth-order valence-corrected chi connectivity index (χ4v) is 2.11. The molecule has 0 fully saturated rings. The monoisotopic (exact) mass is 328 g/mol. The summed E-state index contributed by atoms with van der Waals surface area (Å²) in [7, 11) is 0. The van der Waals surface area contributed by atoms with Crippen LogP contribution in [0.5, 0.6) is 0 Å². The minimum absolute atomic E-state index is 0.262. The normalized spacial score (nSPS) is 14.5. The molecular formula is C16H16F4N2O. The molecule has 2 N–H and O–H groups in total. The van der Waals surface area contributed by atoms with Crippen molar-refractivity contribution in [3.05, 3.63) is 65.7 Å². The molecule has 3 nitrogen and oxygen atoms in total. The standard InChI is InChI=1S/C16H16F4N2O/c17-13-3-1-12(2-4-13)14(23)10-22-15(16(18,19)20)9-11-5-7-21-8-6-11/h1-8,14-15,22-23H,9-10H2. The van der Waals surface area contributed by atoms with E-state index in [-0.39, 0.29) is 13.0 Å². The van der Waals surface area contributed by atoms with Crippen molar-refractivity contribution in [2.24, 2.45) is 0 Å². The van der Waals surface area contributed by atoms with E-state index in [4.69, 9.17) is 0 Å². The van der Waals surface area contributed by atoms with Crippen molar-refractivity contribution in [3.63, 3.8) is 0 Å². The number of aliphatic hydroxyl groups is 1. The van der Waals surface area contributed by atoms with Gasteiger partial charge >= 0.3 is 6.18 Å². The lowest BCUT2D eigenvalue weighted by atomic mass is 10.1. The number of benzene rings is 1. The summed E-state index contributed by atoms with van der Waals surface area (Å²) in [6.45, 7) is -0.291. The van der Waals surface area contributed by atoms with Crippen LogP contribution in [0.2, 0.25) is 0 Å². The zero-order chi connectivity index (χ0) is 16.9. The van der Waals surface area contributed by atoms with Gasteiger partial charge in [-0.05, 0) is 41.8 Å². The maximum atomic E-state index is 13.1. The number of nitrogens with one attached hydrogen (secondary N) is 1. The van der Waals surface area contributed by atoms with Gasteiger partial charge in [0.15, 0.2) is 0 Å². The highest BCUT2D eigenvalue weighted by Crippen LogP contribution is 2.24. The van der Waals surface area contributed by atoms with Crippen LogP contribution in [-0.4, -0.2) is 28.9 Å². The molecule has 1 aromatic heterocycles. The molecule has 0 bridgehead atoms. The molecule has 1 aromatic carbocycles. The minimum atomic E-state index is -4.45. The SMILES string of the molecule is OC(CNC(Cc1ccncc1)C(F)(F)F)c1ccc(F)cc1. The number of hydrogen-bond donors (Lipinski definition) is 2. The van der Waals surface area contributed by atoms with Crippen molar-refractivity contribution in [2.75, 3.05) is 6.54 Å². The van der Waals surface area contributed by atoms with Crippen molar-refractivity contribution < 1.29 is 22.7 Å². The Balaban J connectivity index is 1.99. The maximum absolute atomic E-state index is 13.1. The Morgan fingerprint density at radius 3 is 2.22 bits per heavy atom. The Morgan fingerprint density at radius 1 is 1.04 bits per heavy atom. The minimum Gasteiger partial charge on any atom is -0.387 e. The molecule has 1 heterocycles. The predicted molar refractivity (Wildman–Crippen MR) is 77.1 cm³/mol. The molecule has 0 aliphatic heterocycles. The van der Waals surface area contributed by atoms with Crippen molar-refractivity contribution in [2.45, 2.75) is 24.7 Å². The quantitative estimate of drug-likeness (QED) is 0.801. The third-order valence-corrected chi connectivity index (χ3v) is 3.40. The highest BCUT2D eigenvalue weighted by Gasteiger charge is 2.39. The molecule has 0 radical (unpaired) electrons. The van der Waals surface area contributed by atoms with Gasteiger partial charge in [-0.25, -0.2) is 4.39 Å². The Bertz CT molecular complexity index is 602. The van der Waals surface area contributed by atoms with Gasteiger partial charge in [-0.3, -0.25) is 4.98 Å². The molecule has 2 rings (SSSR count). The molecule has 0 aliphatic rings. The van der Waals surface area contributed by atoms with E-state index in [0.717, 1.165) is 12.1 Å². The Kier molecular flexibility index (Phi) is 5.68. The molecule has 2 atom stereocenters. The molecule has 0 saturated carbocycles. The van der Waals surface area contributed by atoms with Crippen molar-refractivity contribution in [3.8, 4) is 0 Å². The molecule has 0 amide bonds. The average molecular weight is 328 g/mol. The summed E-state index contributed by atoms with van der Waals surface area (Å²) in [6, 6.07) is 6.21. The van der Waals surface area contributed by atoms with Crippen LogP contribution in [0.25, 0.3) is 0 Å². The number of aromatic nitrogens is 1. The van der Waals surface area contributed by atoms with Crippen LogP contribution in [-0.2, 0) is 6.42 Å². The van der Waals surface area contributed by atoms with Crippen LogP contribution in [0, 0.1) is 5.82 Å². The van der Waals surface area contributed by atoms with Gasteiger partial charge in [0.2, 0.25) is 0 Å². The Labute approximate surface area is 131 Å². The number of halogens is 4. The van der Waals surface area contributed by atoms with E-state index >= 15 is 0 Å². The molecule has 2 unspecified atom stereocenters. The molecular weight excluding hydrogens is 312 g/mol. The molecule has 0 aliphatic carbocycles. The zero-order valence-corrected chi connectivity index (χ0v) is 12.1. The van der Waals surface area contributed by atoms with Crippen LogP contribution in [0.4, 0.5) is 17.6 Å². The van der Waals surface area contributed by atoms with E-state index in [1.807, 2.05) is 0 Å². The molecule has 7 heteroatoms.